The van der Waals surface area contributed by atoms with Gasteiger partial charge in [0.25, 0.3) is 0 Å². The van der Waals surface area contributed by atoms with Gasteiger partial charge in [-0.3, -0.25) is 0 Å². The lowest BCUT2D eigenvalue weighted by Crippen LogP contribution is -2.23. The molecular weight excluding hydrogens is 483 g/mol. The van der Waals surface area contributed by atoms with Gasteiger partial charge in [0, 0.05) is 13.2 Å². The highest BCUT2D eigenvalue weighted by Gasteiger charge is 2.27. The van der Waals surface area contributed by atoms with Crippen molar-refractivity contribution in [3.8, 4) is 10.6 Å². The third kappa shape index (κ3) is 9.92. The molecule has 0 radical (unpaired) electrons. The molecule has 5 N–H and O–H groups in total. The van der Waals surface area contributed by atoms with Gasteiger partial charge in [0.1, 0.15) is 17.4 Å². The number of hydrogen-bond donors (Lipinski definition) is 5. The lowest BCUT2D eigenvalue weighted by molar-refractivity contribution is -0.127. The van der Waals surface area contributed by atoms with Gasteiger partial charge in [-0.1, -0.05) is 25.5 Å². The van der Waals surface area contributed by atoms with Crippen molar-refractivity contribution in [3.63, 3.8) is 0 Å². The second kappa shape index (κ2) is 12.4. The van der Waals surface area contributed by atoms with E-state index in [1.807, 2.05) is 31.2 Å². The van der Waals surface area contributed by atoms with Crippen molar-refractivity contribution in [3.05, 3.63) is 30.0 Å². The minimum atomic E-state index is -4.37. The summed E-state index contributed by atoms with van der Waals surface area (Å²) in [6, 6.07) is 7.70. The zero-order chi connectivity index (χ0) is 26.2. The number of anilines is 2. The van der Waals surface area contributed by atoms with Crippen LogP contribution < -0.4 is 10.6 Å². The summed E-state index contributed by atoms with van der Waals surface area (Å²) in [5.41, 5.74) is 2.05. The summed E-state index contributed by atoms with van der Waals surface area (Å²) in [7, 11) is 0. The van der Waals surface area contributed by atoms with Crippen LogP contribution >= 0.6 is 11.3 Å². The Bertz CT molecular complexity index is 1040. The number of aliphatic hydroxyl groups excluding tert-OH is 1. The molecular formula is C23H32F3N5O3S. The molecule has 1 atom stereocenters. The first-order valence-electron chi connectivity index (χ1n) is 11.2. The minimum absolute atomic E-state index is 0.0874. The Balaban J connectivity index is 0.000000784. The van der Waals surface area contributed by atoms with E-state index in [1.54, 1.807) is 6.92 Å². The number of nitrogens with one attached hydrogen (secondary N) is 2. The summed E-state index contributed by atoms with van der Waals surface area (Å²) in [5.74, 6) is -1.01. The summed E-state index contributed by atoms with van der Waals surface area (Å²) < 4.78 is 38.8. The fourth-order valence-corrected chi connectivity index (χ4v) is 4.08. The van der Waals surface area contributed by atoms with E-state index in [-0.39, 0.29) is 18.5 Å². The Labute approximate surface area is 206 Å². The highest BCUT2D eigenvalue weighted by molar-refractivity contribution is 7.21. The van der Waals surface area contributed by atoms with Crippen LogP contribution in [0.15, 0.2) is 24.3 Å². The van der Waals surface area contributed by atoms with E-state index in [4.69, 9.17) is 10.2 Å². The molecule has 1 unspecified atom stereocenters. The highest BCUT2D eigenvalue weighted by Crippen LogP contribution is 2.36. The number of aromatic nitrogens is 3. The Morgan fingerprint density at radius 2 is 1.71 bits per heavy atom. The zero-order valence-electron chi connectivity index (χ0n) is 20.1. The van der Waals surface area contributed by atoms with Gasteiger partial charge in [-0.25, -0.2) is 9.97 Å². The number of alkyl halides is 3. The van der Waals surface area contributed by atoms with Gasteiger partial charge in [-0.05, 0) is 45.2 Å². The van der Waals surface area contributed by atoms with Gasteiger partial charge in [0.15, 0.2) is 5.79 Å². The number of thiazole rings is 1. The van der Waals surface area contributed by atoms with Crippen molar-refractivity contribution < 1.29 is 28.5 Å². The molecule has 0 saturated heterocycles. The van der Waals surface area contributed by atoms with Crippen LogP contribution in [0.1, 0.15) is 39.3 Å². The van der Waals surface area contributed by atoms with E-state index < -0.39 is 18.5 Å². The van der Waals surface area contributed by atoms with Crippen LogP contribution in [-0.2, 0) is 0 Å². The average molecular weight is 516 g/mol. The first-order valence-corrected chi connectivity index (χ1v) is 12.0. The molecule has 8 nitrogen and oxygen atoms in total. The van der Waals surface area contributed by atoms with Crippen molar-refractivity contribution in [1.29, 1.82) is 0 Å². The SMILES string of the molecule is CC(C)(O)O.CCC(CO)CCNc1nc(NCC(F)(F)F)nc(C)c1-c1nc2ccccc2s1. The zero-order valence-corrected chi connectivity index (χ0v) is 21.0. The van der Waals surface area contributed by atoms with Crippen LogP contribution in [0.2, 0.25) is 0 Å². The second-order valence-corrected chi connectivity index (χ2v) is 9.51. The molecule has 35 heavy (non-hydrogen) atoms. The number of para-hydroxylation sites is 1. The van der Waals surface area contributed by atoms with Crippen molar-refractivity contribution in [2.24, 2.45) is 5.92 Å². The van der Waals surface area contributed by atoms with Crippen molar-refractivity contribution in [2.75, 3.05) is 30.3 Å². The monoisotopic (exact) mass is 515 g/mol. The highest BCUT2D eigenvalue weighted by atomic mass is 32.1. The molecule has 0 bridgehead atoms. The minimum Gasteiger partial charge on any atom is -0.396 e. The third-order valence-corrected chi connectivity index (χ3v) is 5.78. The second-order valence-electron chi connectivity index (χ2n) is 8.48. The topological polar surface area (TPSA) is 123 Å². The molecule has 0 fully saturated rings. The molecule has 1 aromatic carbocycles. The van der Waals surface area contributed by atoms with Crippen LogP contribution in [0.4, 0.5) is 24.9 Å². The van der Waals surface area contributed by atoms with Gasteiger partial charge in [-0.15, -0.1) is 11.3 Å². The summed E-state index contributed by atoms with van der Waals surface area (Å²) in [6.45, 7) is 5.72. The molecule has 12 heteroatoms. The van der Waals surface area contributed by atoms with E-state index in [0.717, 1.165) is 16.6 Å². The quantitative estimate of drug-likeness (QED) is 0.263. The Morgan fingerprint density at radius 1 is 1.06 bits per heavy atom. The lowest BCUT2D eigenvalue weighted by Gasteiger charge is -2.16. The predicted molar refractivity (Wildman–Crippen MR) is 132 cm³/mol. The molecule has 2 aromatic heterocycles. The fraction of sp³-hybridized carbons (Fsp3) is 0.522. The van der Waals surface area contributed by atoms with Crippen LogP contribution in [-0.4, -0.2) is 61.9 Å². The molecule has 0 saturated carbocycles. The number of fused-ring (bicyclic) bond motifs is 1. The molecule has 3 rings (SSSR count). The van der Waals surface area contributed by atoms with Gasteiger partial charge < -0.3 is 26.0 Å². The van der Waals surface area contributed by atoms with Gasteiger partial charge in [0.05, 0.1) is 21.5 Å². The molecule has 2 heterocycles. The Kier molecular flexibility index (Phi) is 10.2. The maximum Gasteiger partial charge on any atom is 0.405 e. The normalized spacial score (nSPS) is 12.7. The van der Waals surface area contributed by atoms with E-state index in [1.165, 1.54) is 25.2 Å². The van der Waals surface area contributed by atoms with E-state index in [0.29, 0.717) is 35.0 Å². The first kappa shape index (κ1) is 28.7. The third-order valence-electron chi connectivity index (χ3n) is 4.73. The molecule has 194 valence electrons. The number of aryl methyl sites for hydroxylation is 1. The van der Waals surface area contributed by atoms with E-state index in [2.05, 4.69) is 25.6 Å². The van der Waals surface area contributed by atoms with Crippen LogP contribution in [0.3, 0.4) is 0 Å². The maximum absolute atomic E-state index is 12.6. The summed E-state index contributed by atoms with van der Waals surface area (Å²) in [6.07, 6.45) is -2.82. The van der Waals surface area contributed by atoms with Gasteiger partial charge >= 0.3 is 6.18 Å². The molecule has 0 aliphatic carbocycles. The largest absolute Gasteiger partial charge is 0.405 e. The Morgan fingerprint density at radius 3 is 2.29 bits per heavy atom. The van der Waals surface area contributed by atoms with Crippen LogP contribution in [0.25, 0.3) is 20.8 Å². The van der Waals surface area contributed by atoms with Crippen molar-refractivity contribution >= 4 is 33.3 Å². The molecule has 3 aromatic rings. The number of aliphatic hydroxyl groups is 3. The number of hydrogen-bond acceptors (Lipinski definition) is 9. The standard InChI is InChI=1S/C20H24F3N5OS.C3H8O2/c1-3-13(10-29)8-9-24-17-16(18-27-14-6-4-5-7-15(14)30-18)12(2)26-19(28-17)25-11-20(21,22)23;1-3(2,4)5/h4-7,13,29H,3,8-11H2,1-2H3,(H2,24,25,26,28);4-5H,1-2H3. The summed E-state index contributed by atoms with van der Waals surface area (Å²) in [5, 5.41) is 31.7. The van der Waals surface area contributed by atoms with Gasteiger partial charge in [-0.2, -0.15) is 18.2 Å². The molecule has 0 aliphatic rings. The lowest BCUT2D eigenvalue weighted by atomic mass is 10.0. The number of benzene rings is 1. The van der Waals surface area contributed by atoms with Gasteiger partial charge in [0.2, 0.25) is 5.95 Å². The number of rotatable bonds is 9. The number of nitrogens with zero attached hydrogens (tertiary/aromatic N) is 3. The Hall–Kier alpha value is -2.54. The predicted octanol–water partition coefficient (Wildman–Crippen LogP) is 4.56. The first-order chi connectivity index (χ1) is 16.3. The van der Waals surface area contributed by atoms with E-state index in [9.17, 15) is 18.3 Å². The van der Waals surface area contributed by atoms with E-state index >= 15 is 0 Å². The number of halogens is 3. The molecule has 0 amide bonds. The maximum atomic E-state index is 12.6. The average Bonchev–Trinajstić information content (AvgIpc) is 3.17. The fourth-order valence-electron chi connectivity index (χ4n) is 3.01. The smallest absolute Gasteiger partial charge is 0.396 e. The summed E-state index contributed by atoms with van der Waals surface area (Å²) in [4.78, 5) is 13.2. The van der Waals surface area contributed by atoms with Crippen molar-refractivity contribution in [1.82, 2.24) is 15.0 Å². The summed E-state index contributed by atoms with van der Waals surface area (Å²) >= 11 is 1.48. The molecule has 0 aliphatic heterocycles. The van der Waals surface area contributed by atoms with Crippen LogP contribution in [0.5, 0.6) is 0 Å². The van der Waals surface area contributed by atoms with Crippen molar-refractivity contribution in [2.45, 2.75) is 52.5 Å². The van der Waals surface area contributed by atoms with Crippen LogP contribution in [0, 0.1) is 12.8 Å². The molecule has 0 spiro atoms.